The zero-order valence-corrected chi connectivity index (χ0v) is 13.2. The van der Waals surface area contributed by atoms with Crippen LogP contribution in [0.15, 0.2) is 12.1 Å². The van der Waals surface area contributed by atoms with E-state index in [4.69, 9.17) is 16.7 Å². The van der Waals surface area contributed by atoms with Crippen LogP contribution in [-0.2, 0) is 0 Å². The van der Waals surface area contributed by atoms with Crippen LogP contribution in [0.25, 0.3) is 0 Å². The van der Waals surface area contributed by atoms with Gasteiger partial charge in [-0.15, -0.1) is 0 Å². The van der Waals surface area contributed by atoms with Crippen molar-refractivity contribution < 1.29 is 9.90 Å². The van der Waals surface area contributed by atoms with E-state index in [-0.39, 0.29) is 18.6 Å². The molecule has 2 N–H and O–H groups in total. The summed E-state index contributed by atoms with van der Waals surface area (Å²) in [6, 6.07) is 3.50. The van der Waals surface area contributed by atoms with E-state index >= 15 is 0 Å². The van der Waals surface area contributed by atoms with Crippen LogP contribution in [0.5, 0.6) is 0 Å². The van der Waals surface area contributed by atoms with Gasteiger partial charge in [-0.2, -0.15) is 0 Å². The van der Waals surface area contributed by atoms with Gasteiger partial charge in [-0.05, 0) is 43.7 Å². The summed E-state index contributed by atoms with van der Waals surface area (Å²) in [7, 11) is 3.72. The number of aliphatic hydroxyl groups is 1. The van der Waals surface area contributed by atoms with Crippen LogP contribution in [0.2, 0.25) is 5.15 Å². The molecule has 6 heteroatoms. The number of anilines is 1. The summed E-state index contributed by atoms with van der Waals surface area (Å²) in [5.74, 6) is 0.931. The highest BCUT2D eigenvalue weighted by Gasteiger charge is 2.22. The molecular weight excluding hydrogens is 290 g/mol. The van der Waals surface area contributed by atoms with Gasteiger partial charge in [-0.1, -0.05) is 11.6 Å². The third kappa shape index (κ3) is 4.32. The molecule has 0 aliphatic heterocycles. The number of pyridine rings is 1. The molecule has 1 saturated carbocycles. The Morgan fingerprint density at radius 2 is 2.05 bits per heavy atom. The van der Waals surface area contributed by atoms with Crippen LogP contribution in [0.3, 0.4) is 0 Å². The van der Waals surface area contributed by atoms with Crippen LogP contribution >= 0.6 is 11.6 Å². The fourth-order valence-electron chi connectivity index (χ4n) is 2.60. The van der Waals surface area contributed by atoms with Gasteiger partial charge in [0.2, 0.25) is 0 Å². The van der Waals surface area contributed by atoms with Crippen molar-refractivity contribution in [2.75, 3.05) is 25.6 Å². The second kappa shape index (κ2) is 7.09. The molecule has 0 radical (unpaired) electrons. The highest BCUT2D eigenvalue weighted by molar-refractivity contribution is 6.29. The second-order valence-corrected chi connectivity index (χ2v) is 6.19. The Morgan fingerprint density at radius 1 is 1.38 bits per heavy atom. The zero-order valence-electron chi connectivity index (χ0n) is 12.5. The second-order valence-electron chi connectivity index (χ2n) is 5.80. The van der Waals surface area contributed by atoms with Crippen molar-refractivity contribution in [1.29, 1.82) is 0 Å². The number of amides is 1. The molecular formula is C15H22ClN3O2. The van der Waals surface area contributed by atoms with Gasteiger partial charge >= 0.3 is 0 Å². The van der Waals surface area contributed by atoms with Gasteiger partial charge in [0.05, 0.1) is 0 Å². The maximum atomic E-state index is 12.3. The molecule has 0 aromatic carbocycles. The fourth-order valence-corrected chi connectivity index (χ4v) is 2.81. The average molecular weight is 312 g/mol. The molecule has 1 amide bonds. The average Bonchev–Trinajstić information content (AvgIpc) is 2.47. The molecule has 21 heavy (non-hydrogen) atoms. The van der Waals surface area contributed by atoms with E-state index in [1.165, 1.54) is 0 Å². The molecule has 0 spiro atoms. The van der Waals surface area contributed by atoms with E-state index in [1.807, 2.05) is 19.0 Å². The first-order valence-corrected chi connectivity index (χ1v) is 7.64. The first-order valence-electron chi connectivity index (χ1n) is 7.26. The number of aromatic nitrogens is 1. The van der Waals surface area contributed by atoms with Crippen molar-refractivity contribution in [3.63, 3.8) is 0 Å². The Kier molecular flexibility index (Phi) is 5.42. The quantitative estimate of drug-likeness (QED) is 0.836. The summed E-state index contributed by atoms with van der Waals surface area (Å²) in [6.45, 7) is 0.243. The van der Waals surface area contributed by atoms with Crippen LogP contribution in [0.4, 0.5) is 5.82 Å². The van der Waals surface area contributed by atoms with Crippen LogP contribution in [0, 0.1) is 5.92 Å². The lowest BCUT2D eigenvalue weighted by Gasteiger charge is -2.28. The van der Waals surface area contributed by atoms with E-state index in [2.05, 4.69) is 10.3 Å². The molecule has 0 unspecified atom stereocenters. The predicted molar refractivity (Wildman–Crippen MR) is 83.9 cm³/mol. The molecule has 2 rings (SSSR count). The Hall–Kier alpha value is -1.33. The van der Waals surface area contributed by atoms with Gasteiger partial charge in [0, 0.05) is 32.3 Å². The minimum absolute atomic E-state index is 0.116. The monoisotopic (exact) mass is 311 g/mol. The number of hydrogen-bond acceptors (Lipinski definition) is 4. The topological polar surface area (TPSA) is 65.5 Å². The molecule has 1 aliphatic carbocycles. The molecule has 1 heterocycles. The van der Waals surface area contributed by atoms with Crippen molar-refractivity contribution in [3.8, 4) is 0 Å². The SMILES string of the molecule is CN(C)c1cc(C(=O)NC2CCC(CO)CC2)cc(Cl)n1. The van der Waals surface area contributed by atoms with Crippen molar-refractivity contribution in [3.05, 3.63) is 22.8 Å². The normalized spacial score (nSPS) is 21.9. The van der Waals surface area contributed by atoms with Gasteiger partial charge < -0.3 is 15.3 Å². The summed E-state index contributed by atoms with van der Waals surface area (Å²) in [4.78, 5) is 18.3. The minimum atomic E-state index is -0.116. The van der Waals surface area contributed by atoms with E-state index < -0.39 is 0 Å². The highest BCUT2D eigenvalue weighted by atomic mass is 35.5. The first-order chi connectivity index (χ1) is 9.99. The number of aliphatic hydroxyl groups excluding tert-OH is 1. The van der Waals surface area contributed by atoms with Crippen molar-refractivity contribution in [2.45, 2.75) is 31.7 Å². The summed E-state index contributed by atoms with van der Waals surface area (Å²) in [5, 5.41) is 12.5. The van der Waals surface area contributed by atoms with Crippen LogP contribution in [-0.4, -0.2) is 42.7 Å². The van der Waals surface area contributed by atoms with Crippen LogP contribution < -0.4 is 10.2 Å². The van der Waals surface area contributed by atoms with Gasteiger partial charge in [0.25, 0.3) is 5.91 Å². The Balaban J connectivity index is 2.00. The summed E-state index contributed by atoms with van der Waals surface area (Å²) in [6.07, 6.45) is 3.75. The molecule has 1 fully saturated rings. The lowest BCUT2D eigenvalue weighted by atomic mass is 9.86. The number of rotatable bonds is 4. The number of carbonyl (C=O) groups excluding carboxylic acids is 1. The number of halogens is 1. The molecule has 5 nitrogen and oxygen atoms in total. The first kappa shape index (κ1) is 16.0. The molecule has 116 valence electrons. The van der Waals surface area contributed by atoms with Gasteiger partial charge in [0.1, 0.15) is 11.0 Å². The number of nitrogens with one attached hydrogen (secondary N) is 1. The smallest absolute Gasteiger partial charge is 0.251 e. The van der Waals surface area contributed by atoms with E-state index in [0.29, 0.717) is 22.5 Å². The van der Waals surface area contributed by atoms with Crippen molar-refractivity contribution in [2.24, 2.45) is 5.92 Å². The molecule has 1 aromatic rings. The molecule has 0 saturated heterocycles. The Labute approximate surface area is 130 Å². The number of hydrogen-bond donors (Lipinski definition) is 2. The molecule has 0 atom stereocenters. The maximum absolute atomic E-state index is 12.3. The van der Waals surface area contributed by atoms with Gasteiger partial charge in [0.15, 0.2) is 0 Å². The third-order valence-electron chi connectivity index (χ3n) is 3.94. The van der Waals surface area contributed by atoms with Crippen molar-refractivity contribution >= 4 is 23.3 Å². The highest BCUT2D eigenvalue weighted by Crippen LogP contribution is 2.24. The molecule has 0 bridgehead atoms. The summed E-state index contributed by atoms with van der Waals surface area (Å²) < 4.78 is 0. The largest absolute Gasteiger partial charge is 0.396 e. The van der Waals surface area contributed by atoms with Gasteiger partial charge in [-0.3, -0.25) is 4.79 Å². The van der Waals surface area contributed by atoms with Gasteiger partial charge in [-0.25, -0.2) is 4.98 Å². The number of nitrogens with zero attached hydrogens (tertiary/aromatic N) is 2. The maximum Gasteiger partial charge on any atom is 0.251 e. The van der Waals surface area contributed by atoms with E-state index in [0.717, 1.165) is 25.7 Å². The standard InChI is InChI=1S/C15H22ClN3O2/c1-19(2)14-8-11(7-13(16)18-14)15(21)17-12-5-3-10(9-20)4-6-12/h7-8,10,12,20H,3-6,9H2,1-2H3,(H,17,21). The van der Waals surface area contributed by atoms with Crippen LogP contribution in [0.1, 0.15) is 36.0 Å². The lowest BCUT2D eigenvalue weighted by molar-refractivity contribution is 0.0914. The summed E-state index contributed by atoms with van der Waals surface area (Å²) in [5.41, 5.74) is 0.531. The summed E-state index contributed by atoms with van der Waals surface area (Å²) >= 11 is 5.97. The zero-order chi connectivity index (χ0) is 15.4. The van der Waals surface area contributed by atoms with E-state index in [1.54, 1.807) is 12.1 Å². The minimum Gasteiger partial charge on any atom is -0.396 e. The predicted octanol–water partition coefficient (Wildman–Crippen LogP) is 2.08. The Bertz CT molecular complexity index is 500. The van der Waals surface area contributed by atoms with E-state index in [9.17, 15) is 4.79 Å². The Morgan fingerprint density at radius 3 is 2.62 bits per heavy atom. The molecule has 1 aliphatic rings. The van der Waals surface area contributed by atoms with Crippen molar-refractivity contribution in [1.82, 2.24) is 10.3 Å². The molecule has 1 aromatic heterocycles. The lowest BCUT2D eigenvalue weighted by Crippen LogP contribution is -2.38. The third-order valence-corrected chi connectivity index (χ3v) is 4.13. The number of carbonyl (C=O) groups is 1. The fraction of sp³-hybridized carbons (Fsp3) is 0.600.